The van der Waals surface area contributed by atoms with Crippen LogP contribution in [0.15, 0.2) is 47.8 Å². The van der Waals surface area contributed by atoms with Gasteiger partial charge >= 0.3 is 0 Å². The number of piperidine rings is 1. The Morgan fingerprint density at radius 2 is 2.05 bits per heavy atom. The molecule has 0 unspecified atom stereocenters. The molecule has 0 saturated carbocycles. The summed E-state index contributed by atoms with van der Waals surface area (Å²) in [4.78, 5) is 12.3. The van der Waals surface area contributed by atoms with Gasteiger partial charge in [0, 0.05) is 35.6 Å². The molecule has 20 heavy (non-hydrogen) atoms. The summed E-state index contributed by atoms with van der Waals surface area (Å²) in [5, 5.41) is 0.713. The maximum absolute atomic E-state index is 4.38. The zero-order valence-electron chi connectivity index (χ0n) is 11.7. The average Bonchev–Trinajstić information content (AvgIpc) is 2.49. The van der Waals surface area contributed by atoms with Gasteiger partial charge in [0.05, 0.1) is 6.20 Å². The van der Waals surface area contributed by atoms with Crippen LogP contribution in [0.4, 0.5) is 5.82 Å². The summed E-state index contributed by atoms with van der Waals surface area (Å²) in [7, 11) is 0. The van der Waals surface area contributed by atoms with E-state index in [0.29, 0.717) is 5.25 Å². The monoisotopic (exact) mass is 285 g/mol. The third-order valence-electron chi connectivity index (χ3n) is 3.61. The van der Waals surface area contributed by atoms with Crippen molar-refractivity contribution >= 4 is 17.6 Å². The quantitative estimate of drug-likeness (QED) is 0.862. The first-order valence-electron chi connectivity index (χ1n) is 7.05. The minimum absolute atomic E-state index is 0.713. The van der Waals surface area contributed by atoms with E-state index in [1.165, 1.54) is 23.3 Å². The Bertz CT molecular complexity index is 551. The molecule has 0 bridgehead atoms. The summed E-state index contributed by atoms with van der Waals surface area (Å²) in [6, 6.07) is 8.79. The molecule has 1 aliphatic heterocycles. The first kappa shape index (κ1) is 13.4. The molecule has 1 aromatic heterocycles. The van der Waals surface area contributed by atoms with Gasteiger partial charge < -0.3 is 4.90 Å². The fourth-order valence-corrected chi connectivity index (χ4v) is 3.78. The van der Waals surface area contributed by atoms with Crippen molar-refractivity contribution in [3.63, 3.8) is 0 Å². The van der Waals surface area contributed by atoms with E-state index in [1.807, 2.05) is 18.0 Å². The molecule has 0 N–H and O–H groups in total. The van der Waals surface area contributed by atoms with Crippen LogP contribution >= 0.6 is 11.8 Å². The molecule has 3 rings (SSSR count). The molecule has 2 aromatic rings. The largest absolute Gasteiger partial charge is 0.355 e. The highest BCUT2D eigenvalue weighted by molar-refractivity contribution is 8.00. The Morgan fingerprint density at radius 3 is 2.75 bits per heavy atom. The molecule has 0 radical (unpaired) electrons. The van der Waals surface area contributed by atoms with E-state index in [9.17, 15) is 0 Å². The Labute approximate surface area is 124 Å². The number of hydrogen-bond acceptors (Lipinski definition) is 4. The number of benzene rings is 1. The molecule has 0 aliphatic carbocycles. The van der Waals surface area contributed by atoms with E-state index in [1.54, 1.807) is 12.4 Å². The van der Waals surface area contributed by atoms with Crippen LogP contribution < -0.4 is 4.90 Å². The van der Waals surface area contributed by atoms with Crippen LogP contribution in [0.5, 0.6) is 0 Å². The van der Waals surface area contributed by atoms with Crippen LogP contribution in [0.1, 0.15) is 18.4 Å². The van der Waals surface area contributed by atoms with Crippen molar-refractivity contribution in [3.05, 3.63) is 48.4 Å². The van der Waals surface area contributed by atoms with E-state index in [4.69, 9.17) is 0 Å². The van der Waals surface area contributed by atoms with E-state index >= 15 is 0 Å². The lowest BCUT2D eigenvalue weighted by Gasteiger charge is -2.32. The van der Waals surface area contributed by atoms with Crippen molar-refractivity contribution in [1.29, 1.82) is 0 Å². The number of nitrogens with zero attached hydrogens (tertiary/aromatic N) is 3. The third-order valence-corrected chi connectivity index (χ3v) is 4.94. The van der Waals surface area contributed by atoms with Gasteiger partial charge in [-0.3, -0.25) is 4.98 Å². The fourth-order valence-electron chi connectivity index (χ4n) is 2.54. The van der Waals surface area contributed by atoms with Crippen LogP contribution in [0, 0.1) is 6.92 Å². The second-order valence-electron chi connectivity index (χ2n) is 5.18. The second kappa shape index (κ2) is 6.27. The van der Waals surface area contributed by atoms with Gasteiger partial charge in [-0.05, 0) is 31.9 Å². The summed E-state index contributed by atoms with van der Waals surface area (Å²) >= 11 is 2.01. The molecule has 2 heterocycles. The van der Waals surface area contributed by atoms with Gasteiger partial charge in [-0.2, -0.15) is 0 Å². The Hall–Kier alpha value is -1.55. The van der Waals surface area contributed by atoms with Crippen LogP contribution in [-0.2, 0) is 0 Å². The summed E-state index contributed by atoms with van der Waals surface area (Å²) in [5.41, 5.74) is 1.34. The molecular formula is C16H19N3S. The van der Waals surface area contributed by atoms with E-state index in [2.05, 4.69) is 46.1 Å². The Kier molecular flexibility index (Phi) is 4.21. The normalized spacial score (nSPS) is 16.4. The predicted molar refractivity (Wildman–Crippen MR) is 84.3 cm³/mol. The smallest absolute Gasteiger partial charge is 0.147 e. The molecule has 0 amide bonds. The number of thioether (sulfide) groups is 1. The van der Waals surface area contributed by atoms with Crippen molar-refractivity contribution in [2.45, 2.75) is 29.9 Å². The first-order chi connectivity index (χ1) is 9.81. The van der Waals surface area contributed by atoms with Gasteiger partial charge in [-0.15, -0.1) is 11.8 Å². The second-order valence-corrected chi connectivity index (χ2v) is 6.56. The highest BCUT2D eigenvalue weighted by Crippen LogP contribution is 2.31. The fraction of sp³-hybridized carbons (Fsp3) is 0.375. The molecule has 1 saturated heterocycles. The maximum atomic E-state index is 4.38. The molecule has 1 aromatic carbocycles. The Balaban J connectivity index is 1.56. The molecule has 4 heteroatoms. The maximum Gasteiger partial charge on any atom is 0.147 e. The molecule has 0 spiro atoms. The van der Waals surface area contributed by atoms with E-state index in [-0.39, 0.29) is 0 Å². The lowest BCUT2D eigenvalue weighted by Crippen LogP contribution is -2.35. The zero-order chi connectivity index (χ0) is 13.8. The molecule has 1 fully saturated rings. The Morgan fingerprint density at radius 1 is 1.20 bits per heavy atom. The first-order valence-corrected chi connectivity index (χ1v) is 7.93. The van der Waals surface area contributed by atoms with Gasteiger partial charge in [0.25, 0.3) is 0 Å². The van der Waals surface area contributed by atoms with Gasteiger partial charge in [0.2, 0.25) is 0 Å². The highest BCUT2D eigenvalue weighted by Gasteiger charge is 2.20. The minimum Gasteiger partial charge on any atom is -0.355 e. The van der Waals surface area contributed by atoms with Gasteiger partial charge in [0.1, 0.15) is 5.82 Å². The van der Waals surface area contributed by atoms with Crippen LogP contribution in [-0.4, -0.2) is 28.3 Å². The summed E-state index contributed by atoms with van der Waals surface area (Å²) < 4.78 is 0. The van der Waals surface area contributed by atoms with Crippen molar-refractivity contribution in [3.8, 4) is 0 Å². The molecule has 1 aliphatic rings. The number of rotatable bonds is 3. The number of anilines is 1. The van der Waals surface area contributed by atoms with Crippen LogP contribution in [0.25, 0.3) is 0 Å². The SMILES string of the molecule is Cc1cccc(SC2CCN(c3cnccn3)CC2)c1. The topological polar surface area (TPSA) is 29.0 Å². The van der Waals surface area contributed by atoms with E-state index < -0.39 is 0 Å². The van der Waals surface area contributed by atoms with Gasteiger partial charge in [-0.25, -0.2) is 4.98 Å². The molecule has 0 atom stereocenters. The standard InChI is InChI=1S/C16H19N3S/c1-13-3-2-4-15(11-13)20-14-5-9-19(10-6-14)16-12-17-7-8-18-16/h2-4,7-8,11-12,14H,5-6,9-10H2,1H3. The van der Waals surface area contributed by atoms with Crippen molar-refractivity contribution < 1.29 is 0 Å². The lowest BCUT2D eigenvalue weighted by molar-refractivity contribution is 0.585. The van der Waals surface area contributed by atoms with E-state index in [0.717, 1.165) is 18.9 Å². The number of aryl methyl sites for hydroxylation is 1. The third kappa shape index (κ3) is 3.31. The van der Waals surface area contributed by atoms with Crippen molar-refractivity contribution in [1.82, 2.24) is 9.97 Å². The summed E-state index contributed by atoms with van der Waals surface area (Å²) in [6.07, 6.45) is 7.76. The van der Waals surface area contributed by atoms with Crippen molar-refractivity contribution in [2.75, 3.05) is 18.0 Å². The lowest BCUT2D eigenvalue weighted by atomic mass is 10.1. The van der Waals surface area contributed by atoms with Crippen LogP contribution in [0.3, 0.4) is 0 Å². The molecule has 104 valence electrons. The molecule has 3 nitrogen and oxygen atoms in total. The van der Waals surface area contributed by atoms with Gasteiger partial charge in [-0.1, -0.05) is 17.7 Å². The van der Waals surface area contributed by atoms with Crippen LogP contribution in [0.2, 0.25) is 0 Å². The zero-order valence-corrected chi connectivity index (χ0v) is 12.5. The average molecular weight is 285 g/mol. The predicted octanol–water partition coefficient (Wildman–Crippen LogP) is 3.55. The summed E-state index contributed by atoms with van der Waals surface area (Å²) in [6.45, 7) is 4.30. The molecular weight excluding hydrogens is 266 g/mol. The van der Waals surface area contributed by atoms with Gasteiger partial charge in [0.15, 0.2) is 0 Å². The van der Waals surface area contributed by atoms with Crippen molar-refractivity contribution in [2.24, 2.45) is 0 Å². The minimum atomic E-state index is 0.713. The number of aromatic nitrogens is 2. The highest BCUT2D eigenvalue weighted by atomic mass is 32.2. The number of hydrogen-bond donors (Lipinski definition) is 0. The summed E-state index contributed by atoms with van der Waals surface area (Å²) in [5.74, 6) is 1.01.